The van der Waals surface area contributed by atoms with Crippen molar-refractivity contribution in [3.8, 4) is 11.5 Å². The fourth-order valence-corrected chi connectivity index (χ4v) is 4.89. The number of nitrogens with zero attached hydrogens (tertiary/aromatic N) is 2. The van der Waals surface area contributed by atoms with Crippen molar-refractivity contribution in [2.75, 3.05) is 33.0 Å². The highest BCUT2D eigenvalue weighted by molar-refractivity contribution is 7.89. The first-order chi connectivity index (χ1) is 13.1. The Kier molecular flexibility index (Phi) is 5.08. The van der Waals surface area contributed by atoms with E-state index in [0.29, 0.717) is 31.1 Å². The van der Waals surface area contributed by atoms with Crippen LogP contribution in [0.2, 0.25) is 0 Å². The summed E-state index contributed by atoms with van der Waals surface area (Å²) < 4.78 is 38.1. The molecule has 0 bridgehead atoms. The van der Waals surface area contributed by atoms with Crippen molar-refractivity contribution in [3.63, 3.8) is 0 Å². The molecular weight excluding hydrogens is 364 g/mol. The highest BCUT2D eigenvalue weighted by Gasteiger charge is 2.28. The Morgan fingerprint density at radius 1 is 0.889 bits per heavy atom. The van der Waals surface area contributed by atoms with E-state index < -0.39 is 10.0 Å². The van der Waals surface area contributed by atoms with Gasteiger partial charge in [-0.1, -0.05) is 25.1 Å². The maximum Gasteiger partial charge on any atom is 0.243 e. The summed E-state index contributed by atoms with van der Waals surface area (Å²) in [5.41, 5.74) is 2.29. The van der Waals surface area contributed by atoms with E-state index in [4.69, 9.17) is 9.47 Å². The third kappa shape index (κ3) is 3.81. The van der Waals surface area contributed by atoms with Gasteiger partial charge in [0, 0.05) is 32.7 Å². The lowest BCUT2D eigenvalue weighted by atomic mass is 10.2. The van der Waals surface area contributed by atoms with E-state index in [-0.39, 0.29) is 6.79 Å². The Bertz CT molecular complexity index is 904. The molecule has 0 unspecified atom stereocenters. The topological polar surface area (TPSA) is 59.1 Å². The van der Waals surface area contributed by atoms with E-state index in [1.165, 1.54) is 0 Å². The molecule has 0 radical (unpaired) electrons. The van der Waals surface area contributed by atoms with Gasteiger partial charge in [0.05, 0.1) is 4.90 Å². The first-order valence-corrected chi connectivity index (χ1v) is 10.7. The molecule has 2 aromatic rings. The van der Waals surface area contributed by atoms with E-state index in [1.54, 1.807) is 16.4 Å². The maximum atomic E-state index is 12.9. The van der Waals surface area contributed by atoms with Crippen LogP contribution in [0, 0.1) is 0 Å². The van der Waals surface area contributed by atoms with Crippen LogP contribution in [0.1, 0.15) is 18.1 Å². The first kappa shape index (κ1) is 18.3. The predicted molar refractivity (Wildman–Crippen MR) is 102 cm³/mol. The number of benzene rings is 2. The van der Waals surface area contributed by atoms with Gasteiger partial charge in [-0.3, -0.25) is 4.90 Å². The minimum atomic E-state index is -3.42. The molecule has 0 aromatic heterocycles. The predicted octanol–water partition coefficient (Wildman–Crippen LogP) is 2.48. The summed E-state index contributed by atoms with van der Waals surface area (Å²) in [4.78, 5) is 2.65. The Morgan fingerprint density at radius 2 is 1.56 bits per heavy atom. The van der Waals surface area contributed by atoms with E-state index in [0.717, 1.165) is 35.6 Å². The summed E-state index contributed by atoms with van der Waals surface area (Å²) >= 11 is 0. The van der Waals surface area contributed by atoms with Gasteiger partial charge in [-0.25, -0.2) is 8.42 Å². The van der Waals surface area contributed by atoms with Crippen LogP contribution in [0.25, 0.3) is 0 Å². The Labute approximate surface area is 160 Å². The fraction of sp³-hybridized carbons (Fsp3) is 0.400. The van der Waals surface area contributed by atoms with Gasteiger partial charge in [0.15, 0.2) is 11.5 Å². The minimum absolute atomic E-state index is 0.272. The summed E-state index contributed by atoms with van der Waals surface area (Å²) in [6.45, 7) is 5.53. The molecule has 1 fully saturated rings. The molecule has 7 heteroatoms. The third-order valence-corrected chi connectivity index (χ3v) is 7.06. The molecule has 144 valence electrons. The summed E-state index contributed by atoms with van der Waals surface area (Å²) in [6, 6.07) is 13.2. The standard InChI is InChI=1S/C20H24N2O4S/c1-2-16-3-6-18(7-4-16)27(23,24)22-11-9-21(10-12-22)14-17-5-8-19-20(13-17)26-15-25-19/h3-8,13H,2,9-12,14-15H2,1H3. The molecule has 0 aliphatic carbocycles. The van der Waals surface area contributed by atoms with Crippen molar-refractivity contribution in [3.05, 3.63) is 53.6 Å². The fourth-order valence-electron chi connectivity index (χ4n) is 3.47. The van der Waals surface area contributed by atoms with Crippen LogP contribution in [0.3, 0.4) is 0 Å². The average molecular weight is 388 g/mol. The van der Waals surface area contributed by atoms with Gasteiger partial charge in [-0.05, 0) is 41.8 Å². The molecule has 2 aromatic carbocycles. The lowest BCUT2D eigenvalue weighted by Gasteiger charge is -2.34. The number of ether oxygens (including phenoxy) is 2. The molecule has 0 atom stereocenters. The molecule has 1 saturated heterocycles. The number of aryl methyl sites for hydroxylation is 1. The van der Waals surface area contributed by atoms with Crippen LogP contribution >= 0.6 is 0 Å². The largest absolute Gasteiger partial charge is 0.454 e. The highest BCUT2D eigenvalue weighted by atomic mass is 32.2. The van der Waals surface area contributed by atoms with Gasteiger partial charge in [-0.2, -0.15) is 4.31 Å². The number of hydrogen-bond donors (Lipinski definition) is 0. The minimum Gasteiger partial charge on any atom is -0.454 e. The van der Waals surface area contributed by atoms with Crippen molar-refractivity contribution in [2.45, 2.75) is 24.8 Å². The summed E-state index contributed by atoms with van der Waals surface area (Å²) in [6.07, 6.45) is 0.902. The zero-order chi connectivity index (χ0) is 18.9. The lowest BCUT2D eigenvalue weighted by molar-refractivity contribution is 0.173. The molecule has 2 aliphatic rings. The lowest BCUT2D eigenvalue weighted by Crippen LogP contribution is -2.48. The van der Waals surface area contributed by atoms with E-state index in [1.807, 2.05) is 30.3 Å². The van der Waals surface area contributed by atoms with Gasteiger partial charge in [-0.15, -0.1) is 0 Å². The number of hydrogen-bond acceptors (Lipinski definition) is 5. The van der Waals surface area contributed by atoms with Crippen molar-refractivity contribution < 1.29 is 17.9 Å². The van der Waals surface area contributed by atoms with Crippen LogP contribution in [0.4, 0.5) is 0 Å². The maximum absolute atomic E-state index is 12.9. The van der Waals surface area contributed by atoms with E-state index in [9.17, 15) is 8.42 Å². The Balaban J connectivity index is 1.38. The summed E-state index contributed by atoms with van der Waals surface area (Å²) in [5.74, 6) is 1.56. The molecule has 27 heavy (non-hydrogen) atoms. The molecule has 0 N–H and O–H groups in total. The van der Waals surface area contributed by atoms with Crippen molar-refractivity contribution in [2.24, 2.45) is 0 Å². The molecular formula is C20H24N2O4S. The smallest absolute Gasteiger partial charge is 0.243 e. The molecule has 2 heterocycles. The molecule has 2 aliphatic heterocycles. The van der Waals surface area contributed by atoms with Crippen LogP contribution in [0.5, 0.6) is 11.5 Å². The summed E-state index contributed by atoms with van der Waals surface area (Å²) in [7, 11) is -3.42. The highest BCUT2D eigenvalue weighted by Crippen LogP contribution is 2.33. The van der Waals surface area contributed by atoms with E-state index in [2.05, 4.69) is 11.8 Å². The normalized spacial score (nSPS) is 18.0. The second-order valence-electron chi connectivity index (χ2n) is 6.87. The first-order valence-electron chi connectivity index (χ1n) is 9.26. The average Bonchev–Trinajstić information content (AvgIpc) is 3.16. The van der Waals surface area contributed by atoms with Gasteiger partial charge in [0.25, 0.3) is 0 Å². The van der Waals surface area contributed by atoms with Crippen LogP contribution < -0.4 is 9.47 Å². The zero-order valence-electron chi connectivity index (χ0n) is 15.4. The number of sulfonamides is 1. The molecule has 0 spiro atoms. The second kappa shape index (κ2) is 7.50. The Hall–Kier alpha value is -2.09. The summed E-state index contributed by atoms with van der Waals surface area (Å²) in [5, 5.41) is 0. The Morgan fingerprint density at radius 3 is 2.26 bits per heavy atom. The third-order valence-electron chi connectivity index (χ3n) is 5.14. The van der Waals surface area contributed by atoms with Crippen molar-refractivity contribution in [1.82, 2.24) is 9.21 Å². The van der Waals surface area contributed by atoms with Crippen molar-refractivity contribution >= 4 is 10.0 Å². The van der Waals surface area contributed by atoms with Crippen LogP contribution in [-0.2, 0) is 23.0 Å². The van der Waals surface area contributed by atoms with Gasteiger partial charge >= 0.3 is 0 Å². The van der Waals surface area contributed by atoms with Gasteiger partial charge < -0.3 is 9.47 Å². The SMILES string of the molecule is CCc1ccc(S(=O)(=O)N2CCN(Cc3ccc4c(c3)OCO4)CC2)cc1. The van der Waals surface area contributed by atoms with E-state index >= 15 is 0 Å². The quantitative estimate of drug-likeness (QED) is 0.788. The number of rotatable bonds is 5. The van der Waals surface area contributed by atoms with Crippen molar-refractivity contribution in [1.29, 1.82) is 0 Å². The molecule has 4 rings (SSSR count). The monoisotopic (exact) mass is 388 g/mol. The van der Waals surface area contributed by atoms with Gasteiger partial charge in [0.2, 0.25) is 16.8 Å². The number of piperazine rings is 1. The molecule has 0 saturated carbocycles. The molecule has 0 amide bonds. The van der Waals surface area contributed by atoms with Crippen LogP contribution in [-0.4, -0.2) is 50.6 Å². The molecule has 6 nitrogen and oxygen atoms in total. The number of fused-ring (bicyclic) bond motifs is 1. The van der Waals surface area contributed by atoms with Crippen LogP contribution in [0.15, 0.2) is 47.4 Å². The van der Waals surface area contributed by atoms with Gasteiger partial charge in [0.1, 0.15) is 0 Å². The zero-order valence-corrected chi connectivity index (χ0v) is 16.2. The second-order valence-corrected chi connectivity index (χ2v) is 8.80.